The number of nitrogens with zero attached hydrogens (tertiary/aromatic N) is 1. The van der Waals surface area contributed by atoms with Gasteiger partial charge in [0.2, 0.25) is 0 Å². The summed E-state index contributed by atoms with van der Waals surface area (Å²) in [6, 6.07) is 0.0320. The number of nitrogens with one attached hydrogen (secondary N) is 1. The molecule has 1 amide bonds. The number of amides is 1. The largest absolute Gasteiger partial charge is 0.347 e. The predicted molar refractivity (Wildman–Crippen MR) is 57.3 cm³/mol. The van der Waals surface area contributed by atoms with Crippen molar-refractivity contribution >= 4 is 17.2 Å². The smallest absolute Gasteiger partial charge is 0.263 e. The highest BCUT2D eigenvalue weighted by Crippen LogP contribution is 2.07. The molecule has 3 N–H and O–H groups in total. The van der Waals surface area contributed by atoms with E-state index in [0.29, 0.717) is 17.3 Å². The Kier molecular flexibility index (Phi) is 4.03. The molecule has 0 spiro atoms. The summed E-state index contributed by atoms with van der Waals surface area (Å²) >= 11 is 1.33. The molecular formula is C9H15N3OS. The molecular weight excluding hydrogens is 198 g/mol. The Balaban J connectivity index is 2.56. The molecule has 0 fully saturated rings. The van der Waals surface area contributed by atoms with Crippen molar-refractivity contribution in [2.75, 3.05) is 6.54 Å². The molecule has 5 heteroatoms. The van der Waals surface area contributed by atoms with Crippen molar-refractivity contribution in [3.8, 4) is 0 Å². The molecule has 1 aromatic heterocycles. The van der Waals surface area contributed by atoms with E-state index >= 15 is 0 Å². The Labute approximate surface area is 87.5 Å². The van der Waals surface area contributed by atoms with Crippen LogP contribution in [0.15, 0.2) is 11.7 Å². The molecule has 1 heterocycles. The molecule has 0 radical (unpaired) electrons. The average molecular weight is 213 g/mol. The molecule has 0 aliphatic heterocycles. The molecule has 1 unspecified atom stereocenters. The maximum Gasteiger partial charge on any atom is 0.263 e. The molecule has 0 saturated carbocycles. The normalized spacial score (nSPS) is 12.9. The maximum atomic E-state index is 11.6. The van der Waals surface area contributed by atoms with Gasteiger partial charge in [0.15, 0.2) is 0 Å². The van der Waals surface area contributed by atoms with Gasteiger partial charge in [0.25, 0.3) is 5.91 Å². The minimum Gasteiger partial charge on any atom is -0.347 e. The monoisotopic (exact) mass is 213 g/mol. The Bertz CT molecular complexity index is 284. The number of carbonyl (C=O) groups is 1. The van der Waals surface area contributed by atoms with Crippen LogP contribution in [0.2, 0.25) is 0 Å². The topological polar surface area (TPSA) is 68.0 Å². The molecule has 0 aromatic carbocycles. The summed E-state index contributed by atoms with van der Waals surface area (Å²) in [5.74, 6) is 0.258. The van der Waals surface area contributed by atoms with E-state index in [9.17, 15) is 4.79 Å². The third-order valence-electron chi connectivity index (χ3n) is 2.03. The summed E-state index contributed by atoms with van der Waals surface area (Å²) in [5, 5.41) is 2.88. The molecule has 0 aliphatic rings. The van der Waals surface area contributed by atoms with E-state index in [0.717, 1.165) is 0 Å². The number of rotatable bonds is 4. The van der Waals surface area contributed by atoms with Gasteiger partial charge in [-0.3, -0.25) is 9.78 Å². The highest BCUT2D eigenvalue weighted by atomic mass is 32.1. The van der Waals surface area contributed by atoms with Gasteiger partial charge in [-0.25, -0.2) is 0 Å². The lowest BCUT2D eigenvalue weighted by Gasteiger charge is -2.19. The molecule has 0 aliphatic carbocycles. The van der Waals surface area contributed by atoms with Crippen LogP contribution in [0.3, 0.4) is 0 Å². The van der Waals surface area contributed by atoms with Gasteiger partial charge in [0.05, 0.1) is 11.7 Å². The number of thiazole rings is 1. The van der Waals surface area contributed by atoms with Gasteiger partial charge < -0.3 is 11.1 Å². The van der Waals surface area contributed by atoms with E-state index in [1.165, 1.54) is 11.3 Å². The number of carbonyl (C=O) groups excluding carboxylic acids is 1. The van der Waals surface area contributed by atoms with Crippen LogP contribution in [-0.2, 0) is 0 Å². The minimum atomic E-state index is -0.0864. The fourth-order valence-electron chi connectivity index (χ4n) is 1.07. The second kappa shape index (κ2) is 5.07. The molecule has 1 atom stereocenters. The van der Waals surface area contributed by atoms with E-state index in [1.807, 2.05) is 13.8 Å². The second-order valence-corrected chi connectivity index (χ2v) is 4.31. The molecule has 1 aromatic rings. The van der Waals surface area contributed by atoms with Gasteiger partial charge >= 0.3 is 0 Å². The van der Waals surface area contributed by atoms with Gasteiger partial charge in [-0.1, -0.05) is 13.8 Å². The molecule has 78 valence electrons. The minimum absolute atomic E-state index is 0.0320. The van der Waals surface area contributed by atoms with Gasteiger partial charge in [-0.05, 0) is 5.92 Å². The fourth-order valence-corrected chi connectivity index (χ4v) is 1.59. The van der Waals surface area contributed by atoms with E-state index < -0.39 is 0 Å². The van der Waals surface area contributed by atoms with Gasteiger partial charge in [-0.2, -0.15) is 0 Å². The number of nitrogens with two attached hydrogens (primary N) is 1. The Morgan fingerprint density at radius 3 is 2.86 bits per heavy atom. The third kappa shape index (κ3) is 2.78. The van der Waals surface area contributed by atoms with E-state index in [4.69, 9.17) is 5.73 Å². The third-order valence-corrected chi connectivity index (χ3v) is 2.80. The first-order valence-corrected chi connectivity index (χ1v) is 5.42. The highest BCUT2D eigenvalue weighted by Gasteiger charge is 2.15. The van der Waals surface area contributed by atoms with E-state index in [-0.39, 0.29) is 11.9 Å². The van der Waals surface area contributed by atoms with Crippen molar-refractivity contribution in [2.24, 2.45) is 11.7 Å². The summed E-state index contributed by atoms with van der Waals surface area (Å²) in [7, 11) is 0. The zero-order valence-electron chi connectivity index (χ0n) is 8.36. The van der Waals surface area contributed by atoms with Crippen molar-refractivity contribution in [3.05, 3.63) is 16.6 Å². The van der Waals surface area contributed by atoms with Crippen LogP contribution in [0.25, 0.3) is 0 Å². The van der Waals surface area contributed by atoms with Crippen LogP contribution in [-0.4, -0.2) is 23.5 Å². The zero-order chi connectivity index (χ0) is 10.6. The zero-order valence-corrected chi connectivity index (χ0v) is 9.17. The average Bonchev–Trinajstić information content (AvgIpc) is 2.65. The van der Waals surface area contributed by atoms with E-state index in [2.05, 4.69) is 10.3 Å². The first kappa shape index (κ1) is 11.1. The SMILES string of the molecule is CC(C)C(CN)NC(=O)c1cncs1. The summed E-state index contributed by atoms with van der Waals surface area (Å²) in [6.07, 6.45) is 1.56. The van der Waals surface area contributed by atoms with Gasteiger partial charge in [0, 0.05) is 12.6 Å². The Hall–Kier alpha value is -0.940. The molecule has 4 nitrogen and oxygen atoms in total. The Morgan fingerprint density at radius 2 is 2.43 bits per heavy atom. The van der Waals surface area contributed by atoms with Gasteiger partial charge in [0.1, 0.15) is 4.88 Å². The van der Waals surface area contributed by atoms with Gasteiger partial charge in [-0.15, -0.1) is 11.3 Å². The standard InChI is InChI=1S/C9H15N3OS/c1-6(2)7(3-10)12-9(13)8-4-11-5-14-8/h4-7H,3,10H2,1-2H3,(H,12,13). The number of hydrogen-bond acceptors (Lipinski definition) is 4. The number of aromatic nitrogens is 1. The summed E-state index contributed by atoms with van der Waals surface area (Å²) in [5.41, 5.74) is 7.19. The summed E-state index contributed by atoms with van der Waals surface area (Å²) in [4.78, 5) is 16.1. The fraction of sp³-hybridized carbons (Fsp3) is 0.556. The molecule has 14 heavy (non-hydrogen) atoms. The summed E-state index contributed by atoms with van der Waals surface area (Å²) < 4.78 is 0. The lowest BCUT2D eigenvalue weighted by molar-refractivity contribution is 0.0931. The highest BCUT2D eigenvalue weighted by molar-refractivity contribution is 7.11. The Morgan fingerprint density at radius 1 is 1.71 bits per heavy atom. The van der Waals surface area contributed by atoms with Crippen LogP contribution in [0.5, 0.6) is 0 Å². The van der Waals surface area contributed by atoms with Crippen molar-refractivity contribution in [1.82, 2.24) is 10.3 Å². The molecule has 1 rings (SSSR count). The lowest BCUT2D eigenvalue weighted by Crippen LogP contribution is -2.43. The van der Waals surface area contributed by atoms with Crippen LogP contribution in [0, 0.1) is 5.92 Å². The quantitative estimate of drug-likeness (QED) is 0.779. The van der Waals surface area contributed by atoms with Crippen LogP contribution >= 0.6 is 11.3 Å². The number of hydrogen-bond donors (Lipinski definition) is 2. The first-order chi connectivity index (χ1) is 6.65. The van der Waals surface area contributed by atoms with Crippen LogP contribution < -0.4 is 11.1 Å². The predicted octanol–water partition coefficient (Wildman–Crippen LogP) is 0.856. The van der Waals surface area contributed by atoms with Crippen LogP contribution in [0.4, 0.5) is 0 Å². The van der Waals surface area contributed by atoms with Crippen LogP contribution in [0.1, 0.15) is 23.5 Å². The second-order valence-electron chi connectivity index (χ2n) is 3.43. The summed E-state index contributed by atoms with van der Waals surface area (Å²) in [6.45, 7) is 4.52. The van der Waals surface area contributed by atoms with Crippen molar-refractivity contribution in [1.29, 1.82) is 0 Å². The lowest BCUT2D eigenvalue weighted by atomic mass is 10.0. The van der Waals surface area contributed by atoms with E-state index in [1.54, 1.807) is 11.7 Å². The maximum absolute atomic E-state index is 11.6. The molecule has 0 bridgehead atoms. The van der Waals surface area contributed by atoms with Crippen molar-refractivity contribution < 1.29 is 4.79 Å². The first-order valence-electron chi connectivity index (χ1n) is 4.54. The van der Waals surface area contributed by atoms with Crippen molar-refractivity contribution in [2.45, 2.75) is 19.9 Å². The van der Waals surface area contributed by atoms with Crippen molar-refractivity contribution in [3.63, 3.8) is 0 Å². The molecule has 0 saturated heterocycles.